The Morgan fingerprint density at radius 2 is 1.72 bits per heavy atom. The van der Waals surface area contributed by atoms with Crippen molar-refractivity contribution in [3.63, 3.8) is 0 Å². The lowest BCUT2D eigenvalue weighted by Crippen LogP contribution is -2.29. The van der Waals surface area contributed by atoms with E-state index in [0.717, 1.165) is 25.0 Å². The van der Waals surface area contributed by atoms with Crippen LogP contribution in [0.15, 0.2) is 24.3 Å². The third-order valence-electron chi connectivity index (χ3n) is 4.44. The summed E-state index contributed by atoms with van der Waals surface area (Å²) in [6.07, 6.45) is -0.856. The van der Waals surface area contributed by atoms with E-state index in [1.807, 2.05) is 0 Å². The number of rotatable bonds is 7. The zero-order chi connectivity index (χ0) is 18.5. The van der Waals surface area contributed by atoms with Gasteiger partial charge in [-0.15, -0.1) is 0 Å². The van der Waals surface area contributed by atoms with Crippen LogP contribution in [0, 0.1) is 0 Å². The Hall–Kier alpha value is -1.57. The standard InChI is InChI=1S/C17H22F3NO3S/c18-17(19,20)14-7-5-13(6-8-14)9-11-21-16(22)10-12-25(23,24)15-3-1-2-4-15/h5-8,15H,1-4,9-12H2,(H,21,22). The minimum absolute atomic E-state index is 0.0775. The molecule has 0 aromatic heterocycles. The van der Waals surface area contributed by atoms with Gasteiger partial charge in [0.1, 0.15) is 0 Å². The number of halogens is 3. The van der Waals surface area contributed by atoms with E-state index in [1.54, 1.807) is 0 Å². The molecule has 25 heavy (non-hydrogen) atoms. The van der Waals surface area contributed by atoms with Gasteiger partial charge in [-0.1, -0.05) is 25.0 Å². The molecule has 0 heterocycles. The van der Waals surface area contributed by atoms with Gasteiger partial charge in [0.2, 0.25) is 5.91 Å². The van der Waals surface area contributed by atoms with Crippen molar-refractivity contribution in [3.05, 3.63) is 35.4 Å². The van der Waals surface area contributed by atoms with Crippen molar-refractivity contribution in [3.8, 4) is 0 Å². The molecule has 1 aliphatic rings. The maximum atomic E-state index is 12.5. The molecule has 140 valence electrons. The molecule has 4 nitrogen and oxygen atoms in total. The van der Waals surface area contributed by atoms with Crippen LogP contribution in [-0.4, -0.2) is 31.9 Å². The quantitative estimate of drug-likeness (QED) is 0.794. The summed E-state index contributed by atoms with van der Waals surface area (Å²) in [5, 5.41) is 2.30. The largest absolute Gasteiger partial charge is 0.416 e. The van der Waals surface area contributed by atoms with Crippen molar-refractivity contribution in [2.75, 3.05) is 12.3 Å². The minimum atomic E-state index is -4.36. The molecule has 0 radical (unpaired) electrons. The number of sulfone groups is 1. The smallest absolute Gasteiger partial charge is 0.356 e. The highest BCUT2D eigenvalue weighted by Gasteiger charge is 2.30. The summed E-state index contributed by atoms with van der Waals surface area (Å²) in [5.41, 5.74) is -0.0377. The SMILES string of the molecule is O=C(CCS(=O)(=O)C1CCCC1)NCCc1ccc(C(F)(F)F)cc1. The highest BCUT2D eigenvalue weighted by Crippen LogP contribution is 2.29. The minimum Gasteiger partial charge on any atom is -0.356 e. The lowest BCUT2D eigenvalue weighted by Gasteiger charge is -2.11. The molecule has 1 amide bonds. The number of carbonyl (C=O) groups excluding carboxylic acids is 1. The highest BCUT2D eigenvalue weighted by atomic mass is 32.2. The van der Waals surface area contributed by atoms with Crippen LogP contribution in [0.3, 0.4) is 0 Å². The number of nitrogens with one attached hydrogen (secondary N) is 1. The summed E-state index contributed by atoms with van der Waals surface area (Å²) in [6.45, 7) is 0.258. The first kappa shape index (κ1) is 19.8. The van der Waals surface area contributed by atoms with Crippen LogP contribution in [-0.2, 0) is 27.2 Å². The molecule has 0 unspecified atom stereocenters. The van der Waals surface area contributed by atoms with Crippen LogP contribution in [0.2, 0.25) is 0 Å². The van der Waals surface area contributed by atoms with Crippen molar-refractivity contribution in [1.29, 1.82) is 0 Å². The zero-order valence-corrected chi connectivity index (χ0v) is 14.6. The average Bonchev–Trinajstić information content (AvgIpc) is 3.08. The molecule has 0 saturated heterocycles. The second-order valence-corrected chi connectivity index (χ2v) is 8.72. The van der Waals surface area contributed by atoms with Gasteiger partial charge in [-0.05, 0) is 37.0 Å². The van der Waals surface area contributed by atoms with E-state index in [1.165, 1.54) is 12.1 Å². The molecule has 0 aliphatic heterocycles. The summed E-state index contributed by atoms with van der Waals surface area (Å²) in [7, 11) is -3.22. The lowest BCUT2D eigenvalue weighted by atomic mass is 10.1. The number of carbonyl (C=O) groups is 1. The van der Waals surface area contributed by atoms with Gasteiger partial charge < -0.3 is 5.32 Å². The van der Waals surface area contributed by atoms with Gasteiger partial charge in [0, 0.05) is 13.0 Å². The molecule has 1 aromatic rings. The number of benzene rings is 1. The Morgan fingerprint density at radius 1 is 1.12 bits per heavy atom. The molecule has 2 rings (SSSR count). The molecular formula is C17H22F3NO3S. The summed E-state index contributed by atoms with van der Waals surface area (Å²) < 4.78 is 61.5. The number of hydrogen-bond donors (Lipinski definition) is 1. The molecular weight excluding hydrogens is 355 g/mol. The molecule has 0 spiro atoms. The van der Waals surface area contributed by atoms with Crippen molar-refractivity contribution in [2.24, 2.45) is 0 Å². The van der Waals surface area contributed by atoms with Crippen LogP contribution in [0.5, 0.6) is 0 Å². The Balaban J connectivity index is 1.71. The number of alkyl halides is 3. The van der Waals surface area contributed by atoms with Gasteiger partial charge in [-0.2, -0.15) is 13.2 Å². The van der Waals surface area contributed by atoms with E-state index in [-0.39, 0.29) is 29.9 Å². The van der Waals surface area contributed by atoms with Crippen LogP contribution >= 0.6 is 0 Å². The first-order chi connectivity index (χ1) is 11.7. The van der Waals surface area contributed by atoms with Gasteiger partial charge in [-0.3, -0.25) is 4.79 Å². The van der Waals surface area contributed by atoms with E-state index in [9.17, 15) is 26.4 Å². The van der Waals surface area contributed by atoms with Crippen molar-refractivity contribution in [2.45, 2.75) is 50.0 Å². The van der Waals surface area contributed by atoms with Gasteiger partial charge in [-0.25, -0.2) is 8.42 Å². The molecule has 0 bridgehead atoms. The summed E-state index contributed by atoms with van der Waals surface area (Å²) in [5.74, 6) is -0.502. The summed E-state index contributed by atoms with van der Waals surface area (Å²) >= 11 is 0. The third-order valence-corrected chi connectivity index (χ3v) is 6.70. The Bertz CT molecular complexity index is 678. The predicted octanol–water partition coefficient (Wildman–Crippen LogP) is 3.11. The van der Waals surface area contributed by atoms with E-state index >= 15 is 0 Å². The van der Waals surface area contributed by atoms with Crippen LogP contribution in [0.1, 0.15) is 43.2 Å². The van der Waals surface area contributed by atoms with E-state index in [2.05, 4.69) is 5.32 Å². The molecule has 8 heteroatoms. The van der Waals surface area contributed by atoms with Crippen LogP contribution in [0.4, 0.5) is 13.2 Å². The Labute approximate surface area is 145 Å². The van der Waals surface area contributed by atoms with Gasteiger partial charge in [0.25, 0.3) is 0 Å². The average molecular weight is 377 g/mol. The second-order valence-electron chi connectivity index (χ2n) is 6.32. The molecule has 1 fully saturated rings. The fraction of sp³-hybridized carbons (Fsp3) is 0.588. The fourth-order valence-electron chi connectivity index (χ4n) is 2.94. The van der Waals surface area contributed by atoms with E-state index < -0.39 is 21.6 Å². The first-order valence-electron chi connectivity index (χ1n) is 8.33. The normalized spacial score (nSPS) is 16.1. The summed E-state index contributed by atoms with van der Waals surface area (Å²) in [4.78, 5) is 11.8. The second kappa shape index (κ2) is 8.21. The van der Waals surface area contributed by atoms with E-state index in [0.29, 0.717) is 24.8 Å². The molecule has 1 aromatic carbocycles. The van der Waals surface area contributed by atoms with Gasteiger partial charge in [0.05, 0.1) is 16.6 Å². The fourth-order valence-corrected chi connectivity index (χ4v) is 4.80. The summed E-state index contributed by atoms with van der Waals surface area (Å²) in [6, 6.07) is 4.76. The van der Waals surface area contributed by atoms with Gasteiger partial charge >= 0.3 is 6.18 Å². The van der Waals surface area contributed by atoms with Gasteiger partial charge in [0.15, 0.2) is 9.84 Å². The number of amides is 1. The van der Waals surface area contributed by atoms with Crippen molar-refractivity contribution in [1.82, 2.24) is 5.32 Å². The zero-order valence-electron chi connectivity index (χ0n) is 13.8. The maximum absolute atomic E-state index is 12.5. The Kier molecular flexibility index (Phi) is 6.48. The lowest BCUT2D eigenvalue weighted by molar-refractivity contribution is -0.137. The Morgan fingerprint density at radius 3 is 2.28 bits per heavy atom. The molecule has 1 saturated carbocycles. The van der Waals surface area contributed by atoms with Crippen LogP contribution in [0.25, 0.3) is 0 Å². The van der Waals surface area contributed by atoms with Crippen LogP contribution < -0.4 is 5.32 Å². The first-order valence-corrected chi connectivity index (χ1v) is 10.0. The van der Waals surface area contributed by atoms with Crippen molar-refractivity contribution < 1.29 is 26.4 Å². The maximum Gasteiger partial charge on any atom is 0.416 e. The monoisotopic (exact) mass is 377 g/mol. The number of hydrogen-bond acceptors (Lipinski definition) is 3. The predicted molar refractivity (Wildman–Crippen MR) is 88.8 cm³/mol. The van der Waals surface area contributed by atoms with Crippen molar-refractivity contribution >= 4 is 15.7 Å². The highest BCUT2D eigenvalue weighted by molar-refractivity contribution is 7.92. The third kappa shape index (κ3) is 6.02. The topological polar surface area (TPSA) is 63.2 Å². The molecule has 0 atom stereocenters. The van der Waals surface area contributed by atoms with E-state index in [4.69, 9.17) is 0 Å². The molecule has 1 N–H and O–H groups in total. The molecule has 1 aliphatic carbocycles.